The summed E-state index contributed by atoms with van der Waals surface area (Å²) >= 11 is 0. The fourth-order valence-corrected chi connectivity index (χ4v) is 6.35. The molecule has 0 spiro atoms. The first-order valence-electron chi connectivity index (χ1n) is 22.9. The highest BCUT2D eigenvalue weighted by atomic mass is 16.6. The molecular weight excluding hydrogens is 893 g/mol. The number of amides is 4. The molecule has 0 aliphatic carbocycles. The Morgan fingerprint density at radius 2 is 1.03 bits per heavy atom. The normalized spacial score (nSPS) is 13.6. The van der Waals surface area contributed by atoms with Crippen molar-refractivity contribution in [3.05, 3.63) is 130 Å². The number of benzene rings is 3. The fourth-order valence-electron chi connectivity index (χ4n) is 6.35. The SMILES string of the molecule is CC[C@H](C)[C@H](N)C(=O)N(C(=O)OCc1ccccc1)c1ccn(COC(COC(=O)[C@@H](NC(=O)OCc2ccccc2)[C@@H](C)CC)COC(=O)[C@@H](NC(=O)OCc2ccccc2)[C@@H](C)CC)c(=O)n1. The molecule has 0 unspecified atom stereocenters. The summed E-state index contributed by atoms with van der Waals surface area (Å²) in [4.78, 5) is 98.2. The highest BCUT2D eigenvalue weighted by molar-refractivity contribution is 6.13. The van der Waals surface area contributed by atoms with E-state index in [2.05, 4.69) is 15.6 Å². The van der Waals surface area contributed by atoms with E-state index >= 15 is 0 Å². The molecule has 6 atom stereocenters. The molecule has 4 N–H and O–H groups in total. The number of ether oxygens (including phenoxy) is 6. The highest BCUT2D eigenvalue weighted by Crippen LogP contribution is 2.18. The monoisotopic (exact) mass is 956 g/mol. The molecule has 372 valence electrons. The van der Waals surface area contributed by atoms with Gasteiger partial charge >= 0.3 is 35.9 Å². The molecule has 0 radical (unpaired) electrons. The summed E-state index contributed by atoms with van der Waals surface area (Å²) in [6.07, 6.45) is -1.37. The summed E-state index contributed by atoms with van der Waals surface area (Å²) in [6.45, 7) is 8.82. The number of rotatable bonds is 25. The number of anilines is 1. The minimum absolute atomic E-state index is 0.0407. The summed E-state index contributed by atoms with van der Waals surface area (Å²) in [6, 6.07) is 24.5. The van der Waals surface area contributed by atoms with Gasteiger partial charge in [-0.25, -0.2) is 28.8 Å². The number of imide groups is 1. The van der Waals surface area contributed by atoms with Crippen molar-refractivity contribution < 1.29 is 57.2 Å². The van der Waals surface area contributed by atoms with Crippen LogP contribution in [0.15, 0.2) is 108 Å². The number of carbonyl (C=O) groups is 6. The van der Waals surface area contributed by atoms with E-state index in [9.17, 15) is 33.6 Å². The van der Waals surface area contributed by atoms with Crippen molar-refractivity contribution in [2.45, 2.75) is 112 Å². The minimum atomic E-state index is -1.24. The topological polar surface area (TPSA) is 246 Å². The van der Waals surface area contributed by atoms with Gasteiger partial charge in [0.2, 0.25) is 0 Å². The summed E-state index contributed by atoms with van der Waals surface area (Å²) in [5.41, 5.74) is 7.41. The van der Waals surface area contributed by atoms with Gasteiger partial charge in [0.1, 0.15) is 58.0 Å². The number of hydrogen-bond acceptors (Lipinski definition) is 15. The molecule has 4 rings (SSSR count). The zero-order valence-electron chi connectivity index (χ0n) is 39.9. The largest absolute Gasteiger partial charge is 0.461 e. The van der Waals surface area contributed by atoms with E-state index in [4.69, 9.17) is 34.2 Å². The first kappa shape index (κ1) is 54.5. The predicted molar refractivity (Wildman–Crippen MR) is 253 cm³/mol. The van der Waals surface area contributed by atoms with Gasteiger partial charge in [-0.1, -0.05) is 152 Å². The van der Waals surface area contributed by atoms with Gasteiger partial charge in [0.15, 0.2) is 5.82 Å². The van der Waals surface area contributed by atoms with Gasteiger partial charge in [-0.2, -0.15) is 9.88 Å². The van der Waals surface area contributed by atoms with Gasteiger partial charge in [0.25, 0.3) is 5.91 Å². The van der Waals surface area contributed by atoms with E-state index in [1.54, 1.807) is 99.6 Å². The van der Waals surface area contributed by atoms with Gasteiger partial charge in [-0.15, -0.1) is 0 Å². The van der Waals surface area contributed by atoms with Crippen LogP contribution in [0.3, 0.4) is 0 Å². The van der Waals surface area contributed by atoms with Crippen molar-refractivity contribution in [3.8, 4) is 0 Å². The number of nitrogens with zero attached hydrogens (tertiary/aromatic N) is 3. The van der Waals surface area contributed by atoms with E-state index < -0.39 is 97.8 Å². The first-order chi connectivity index (χ1) is 33.1. The molecule has 0 aliphatic heterocycles. The number of aromatic nitrogens is 2. The Morgan fingerprint density at radius 3 is 1.43 bits per heavy atom. The number of nitrogens with two attached hydrogens (primary N) is 1. The lowest BCUT2D eigenvalue weighted by atomic mass is 9.99. The van der Waals surface area contributed by atoms with Crippen molar-refractivity contribution >= 4 is 41.9 Å². The molecule has 0 fully saturated rings. The second-order valence-electron chi connectivity index (χ2n) is 16.5. The summed E-state index contributed by atoms with van der Waals surface area (Å²) < 4.78 is 34.4. The Hall–Kier alpha value is -7.12. The van der Waals surface area contributed by atoms with Gasteiger partial charge in [-0.05, 0) is 40.5 Å². The number of carbonyl (C=O) groups excluding carboxylic acids is 6. The third-order valence-electron chi connectivity index (χ3n) is 11.4. The average Bonchev–Trinajstić information content (AvgIpc) is 3.37. The molecule has 19 nitrogen and oxygen atoms in total. The van der Waals surface area contributed by atoms with E-state index in [0.717, 1.165) is 15.7 Å². The molecule has 0 aliphatic rings. The lowest BCUT2D eigenvalue weighted by molar-refractivity contribution is -0.161. The van der Waals surface area contributed by atoms with E-state index in [-0.39, 0.29) is 31.6 Å². The standard InChI is InChI=1S/C50H64N6O13/c1-7-33(4)41(51)44(57)56(50(63)68-29-38-23-17-12-18-24-38)40-25-26-55(47(60)52-40)32-69-39(30-64-45(58)42(34(5)8-2)53-48(61)66-27-36-19-13-10-14-20-36)31-65-46(59)43(35(6)9-3)54-49(62)67-28-37-21-15-11-16-22-37/h10-26,33-35,39,41-43H,7-9,27-32,51H2,1-6H3,(H,53,61)(H,54,62)/t33-,34-,35-,41-,42-,43-/m0/s1. The number of nitrogens with one attached hydrogen (secondary N) is 2. The molecule has 19 heteroatoms. The van der Waals surface area contributed by atoms with Crippen LogP contribution in [-0.2, 0) is 69.4 Å². The van der Waals surface area contributed by atoms with Crippen LogP contribution in [0.1, 0.15) is 77.5 Å². The van der Waals surface area contributed by atoms with Gasteiger partial charge in [0, 0.05) is 6.20 Å². The Kier molecular flexibility index (Phi) is 22.3. The zero-order valence-corrected chi connectivity index (χ0v) is 39.9. The first-order valence-corrected chi connectivity index (χ1v) is 22.9. The molecule has 1 heterocycles. The molecule has 4 aromatic rings. The Labute approximate surface area is 401 Å². The number of hydrogen-bond donors (Lipinski definition) is 3. The Morgan fingerprint density at radius 1 is 0.609 bits per heavy atom. The second-order valence-corrected chi connectivity index (χ2v) is 16.5. The van der Waals surface area contributed by atoms with Gasteiger partial charge < -0.3 is 44.8 Å². The van der Waals surface area contributed by atoms with E-state index in [1.165, 1.54) is 12.3 Å². The van der Waals surface area contributed by atoms with E-state index in [1.807, 2.05) is 32.9 Å². The number of alkyl carbamates (subject to hydrolysis) is 2. The minimum Gasteiger partial charge on any atom is -0.461 e. The quantitative estimate of drug-likeness (QED) is 0.0481. The zero-order chi connectivity index (χ0) is 50.3. The van der Waals surface area contributed by atoms with Gasteiger partial charge in [-0.3, -0.25) is 9.36 Å². The predicted octanol–water partition coefficient (Wildman–Crippen LogP) is 6.40. The second kappa shape index (κ2) is 28.3. The maximum absolute atomic E-state index is 13.7. The maximum Gasteiger partial charge on any atom is 0.422 e. The van der Waals surface area contributed by atoms with Crippen molar-refractivity contribution in [1.29, 1.82) is 0 Å². The average molecular weight is 957 g/mol. The maximum atomic E-state index is 13.7. The van der Waals surface area contributed by atoms with Crippen LogP contribution in [0.5, 0.6) is 0 Å². The molecule has 3 aromatic carbocycles. The van der Waals surface area contributed by atoms with Crippen molar-refractivity contribution in [1.82, 2.24) is 20.2 Å². The van der Waals surface area contributed by atoms with Crippen LogP contribution in [-0.4, -0.2) is 83.1 Å². The lowest BCUT2D eigenvalue weighted by Gasteiger charge is -2.26. The van der Waals surface area contributed by atoms with Crippen molar-refractivity contribution in [2.24, 2.45) is 23.5 Å². The Bertz CT molecular complexity index is 2230. The highest BCUT2D eigenvalue weighted by Gasteiger charge is 2.34. The molecule has 4 amide bonds. The van der Waals surface area contributed by atoms with Crippen LogP contribution in [0, 0.1) is 17.8 Å². The molecule has 0 saturated carbocycles. The number of esters is 2. The molecule has 1 aromatic heterocycles. The van der Waals surface area contributed by atoms with Crippen molar-refractivity contribution in [3.63, 3.8) is 0 Å². The molecule has 69 heavy (non-hydrogen) atoms. The lowest BCUT2D eigenvalue weighted by Crippen LogP contribution is -2.50. The molecule has 0 saturated heterocycles. The van der Waals surface area contributed by atoms with Crippen LogP contribution in [0.4, 0.5) is 20.2 Å². The van der Waals surface area contributed by atoms with Gasteiger partial charge in [0.05, 0.1) is 6.04 Å². The molecular formula is C50H64N6O13. The van der Waals surface area contributed by atoms with Crippen LogP contribution >= 0.6 is 0 Å². The summed E-state index contributed by atoms with van der Waals surface area (Å²) in [5.74, 6) is -4.04. The fraction of sp³-hybridized carbons (Fsp3) is 0.440. The van der Waals surface area contributed by atoms with Crippen molar-refractivity contribution in [2.75, 3.05) is 18.1 Å². The smallest absolute Gasteiger partial charge is 0.422 e. The van der Waals surface area contributed by atoms with Crippen LogP contribution in [0.25, 0.3) is 0 Å². The van der Waals surface area contributed by atoms with Crippen LogP contribution < -0.4 is 27.0 Å². The summed E-state index contributed by atoms with van der Waals surface area (Å²) in [5, 5.41) is 5.15. The molecule has 0 bridgehead atoms. The van der Waals surface area contributed by atoms with E-state index in [0.29, 0.717) is 29.7 Å². The third-order valence-corrected chi connectivity index (χ3v) is 11.4. The third kappa shape index (κ3) is 17.5. The summed E-state index contributed by atoms with van der Waals surface area (Å²) in [7, 11) is 0. The Balaban J connectivity index is 1.53. The van der Waals surface area contributed by atoms with Crippen LogP contribution in [0.2, 0.25) is 0 Å².